The molecule has 0 aromatic heterocycles. The molecule has 3 atom stereocenters. The van der Waals surface area contributed by atoms with Crippen molar-refractivity contribution in [1.82, 2.24) is 15.1 Å². The Morgan fingerprint density at radius 1 is 1.27 bits per heavy atom. The summed E-state index contributed by atoms with van der Waals surface area (Å²) in [5, 5.41) is 2.85. The lowest BCUT2D eigenvalue weighted by Gasteiger charge is -2.38. The van der Waals surface area contributed by atoms with Crippen molar-refractivity contribution in [1.29, 1.82) is 0 Å². The van der Waals surface area contributed by atoms with Gasteiger partial charge in [0.05, 0.1) is 18.8 Å². The van der Waals surface area contributed by atoms with E-state index in [0.29, 0.717) is 18.2 Å². The highest BCUT2D eigenvalue weighted by atomic mass is 19.1. The minimum atomic E-state index is -0.276. The zero-order valence-corrected chi connectivity index (χ0v) is 15.8. The molecule has 1 amide bonds. The van der Waals surface area contributed by atoms with E-state index in [2.05, 4.69) is 29.0 Å². The lowest BCUT2D eigenvalue weighted by Crippen LogP contribution is -2.51. The second kappa shape index (κ2) is 8.93. The molecule has 3 rings (SSSR count). The summed E-state index contributed by atoms with van der Waals surface area (Å²) in [6, 6.07) is 6.97. The molecule has 2 fully saturated rings. The summed E-state index contributed by atoms with van der Waals surface area (Å²) in [7, 11) is 0. The normalized spacial score (nSPS) is 27.6. The molecule has 0 saturated carbocycles. The Hall–Kier alpha value is -1.50. The monoisotopic (exact) mass is 363 g/mol. The summed E-state index contributed by atoms with van der Waals surface area (Å²) in [6.07, 6.45) is 2.77. The van der Waals surface area contributed by atoms with E-state index >= 15 is 0 Å². The van der Waals surface area contributed by atoms with Crippen molar-refractivity contribution in [2.24, 2.45) is 0 Å². The average molecular weight is 363 g/mol. The fourth-order valence-electron chi connectivity index (χ4n) is 4.12. The number of amides is 1. The van der Waals surface area contributed by atoms with Gasteiger partial charge in [-0.1, -0.05) is 18.2 Å². The minimum Gasteiger partial charge on any atom is -0.373 e. The Labute approximate surface area is 155 Å². The number of nitrogens with zero attached hydrogens (tertiary/aromatic N) is 2. The lowest BCUT2D eigenvalue weighted by molar-refractivity contribution is -0.123. The van der Waals surface area contributed by atoms with Crippen LogP contribution in [0.1, 0.15) is 32.3 Å². The van der Waals surface area contributed by atoms with Gasteiger partial charge in [-0.2, -0.15) is 0 Å². The standard InChI is InChI=1S/C20H30FN3O2/c1-15-11-23(12-16(2)26-15)13-18-7-5-9-24(18)14-20(25)22-10-17-6-3-4-8-19(17)21/h3-4,6,8,15-16,18H,5,7,9-14H2,1-2H3,(H,22,25). The Morgan fingerprint density at radius 2 is 2.00 bits per heavy atom. The number of nitrogens with one attached hydrogen (secondary N) is 1. The fraction of sp³-hybridized carbons (Fsp3) is 0.650. The molecule has 0 aliphatic carbocycles. The maximum absolute atomic E-state index is 13.7. The summed E-state index contributed by atoms with van der Waals surface area (Å²) in [4.78, 5) is 17.0. The third-order valence-electron chi connectivity index (χ3n) is 5.24. The number of carbonyl (C=O) groups is 1. The van der Waals surface area contributed by atoms with Crippen molar-refractivity contribution >= 4 is 5.91 Å². The van der Waals surface area contributed by atoms with Gasteiger partial charge in [0.1, 0.15) is 5.82 Å². The van der Waals surface area contributed by atoms with E-state index < -0.39 is 0 Å². The molecule has 3 unspecified atom stereocenters. The van der Waals surface area contributed by atoms with Gasteiger partial charge in [0.15, 0.2) is 0 Å². The number of rotatable bonds is 6. The van der Waals surface area contributed by atoms with Crippen molar-refractivity contribution in [3.63, 3.8) is 0 Å². The Morgan fingerprint density at radius 3 is 2.73 bits per heavy atom. The lowest BCUT2D eigenvalue weighted by atomic mass is 10.1. The third kappa shape index (κ3) is 5.25. The van der Waals surface area contributed by atoms with Crippen LogP contribution in [0.2, 0.25) is 0 Å². The highest BCUT2D eigenvalue weighted by Gasteiger charge is 2.30. The molecule has 0 spiro atoms. The number of halogens is 1. The predicted octanol–water partition coefficient (Wildman–Crippen LogP) is 2.02. The molecular weight excluding hydrogens is 333 g/mol. The van der Waals surface area contributed by atoms with Crippen LogP contribution in [0.25, 0.3) is 0 Å². The highest BCUT2D eigenvalue weighted by Crippen LogP contribution is 2.20. The summed E-state index contributed by atoms with van der Waals surface area (Å²) in [5.41, 5.74) is 0.523. The van der Waals surface area contributed by atoms with Gasteiger partial charge < -0.3 is 10.1 Å². The molecule has 5 nitrogen and oxygen atoms in total. The molecule has 2 heterocycles. The fourth-order valence-corrected chi connectivity index (χ4v) is 4.12. The zero-order chi connectivity index (χ0) is 18.5. The van der Waals surface area contributed by atoms with Crippen LogP contribution in [0.5, 0.6) is 0 Å². The van der Waals surface area contributed by atoms with Crippen molar-refractivity contribution in [2.45, 2.75) is 51.5 Å². The van der Waals surface area contributed by atoms with E-state index in [-0.39, 0.29) is 30.5 Å². The van der Waals surface area contributed by atoms with E-state index in [9.17, 15) is 9.18 Å². The molecule has 2 aliphatic heterocycles. The second-order valence-electron chi connectivity index (χ2n) is 7.61. The predicted molar refractivity (Wildman–Crippen MR) is 99.3 cm³/mol. The number of benzene rings is 1. The molecule has 144 valence electrons. The van der Waals surface area contributed by atoms with Gasteiger partial charge in [-0.3, -0.25) is 14.6 Å². The Balaban J connectivity index is 1.47. The van der Waals surface area contributed by atoms with Crippen LogP contribution < -0.4 is 5.32 Å². The maximum atomic E-state index is 13.7. The molecule has 2 saturated heterocycles. The zero-order valence-electron chi connectivity index (χ0n) is 15.8. The highest BCUT2D eigenvalue weighted by molar-refractivity contribution is 5.78. The van der Waals surface area contributed by atoms with Gasteiger partial charge in [0.2, 0.25) is 5.91 Å². The summed E-state index contributed by atoms with van der Waals surface area (Å²) in [5.74, 6) is -0.314. The summed E-state index contributed by atoms with van der Waals surface area (Å²) < 4.78 is 19.5. The van der Waals surface area contributed by atoms with Crippen LogP contribution in [-0.4, -0.2) is 66.7 Å². The largest absolute Gasteiger partial charge is 0.373 e. The van der Waals surface area contributed by atoms with Crippen molar-refractivity contribution in [2.75, 3.05) is 32.7 Å². The topological polar surface area (TPSA) is 44.8 Å². The van der Waals surface area contributed by atoms with Crippen LogP contribution in [0.15, 0.2) is 24.3 Å². The summed E-state index contributed by atoms with van der Waals surface area (Å²) in [6.45, 7) is 8.70. The van der Waals surface area contributed by atoms with Crippen molar-refractivity contribution < 1.29 is 13.9 Å². The molecule has 1 aromatic carbocycles. The van der Waals surface area contributed by atoms with Gasteiger partial charge in [-0.25, -0.2) is 4.39 Å². The van der Waals surface area contributed by atoms with Gasteiger partial charge in [0, 0.05) is 37.8 Å². The quantitative estimate of drug-likeness (QED) is 0.840. The Kier molecular flexibility index (Phi) is 6.62. The van der Waals surface area contributed by atoms with Crippen LogP contribution in [0, 0.1) is 5.82 Å². The van der Waals surface area contributed by atoms with E-state index in [1.54, 1.807) is 18.2 Å². The molecule has 1 N–H and O–H groups in total. The number of ether oxygens (including phenoxy) is 1. The molecule has 2 aliphatic rings. The average Bonchev–Trinajstić information content (AvgIpc) is 3.00. The molecule has 1 aromatic rings. The first-order chi connectivity index (χ1) is 12.5. The minimum absolute atomic E-state index is 0.0381. The number of hydrogen-bond acceptors (Lipinski definition) is 4. The molecule has 6 heteroatoms. The number of carbonyl (C=O) groups excluding carboxylic acids is 1. The molecular formula is C20H30FN3O2. The number of hydrogen-bond donors (Lipinski definition) is 1. The first-order valence-electron chi connectivity index (χ1n) is 9.63. The number of morpholine rings is 1. The van der Waals surface area contributed by atoms with Crippen molar-refractivity contribution in [3.05, 3.63) is 35.6 Å². The third-order valence-corrected chi connectivity index (χ3v) is 5.24. The van der Waals surface area contributed by atoms with Gasteiger partial charge in [-0.05, 0) is 39.3 Å². The first kappa shape index (κ1) is 19.3. The SMILES string of the molecule is CC1CN(CC2CCCN2CC(=O)NCc2ccccc2F)CC(C)O1. The maximum Gasteiger partial charge on any atom is 0.234 e. The van der Waals surface area contributed by atoms with Gasteiger partial charge >= 0.3 is 0 Å². The number of likely N-dealkylation sites (tertiary alicyclic amines) is 1. The van der Waals surface area contributed by atoms with Crippen LogP contribution in [0.3, 0.4) is 0 Å². The van der Waals surface area contributed by atoms with Crippen molar-refractivity contribution in [3.8, 4) is 0 Å². The van der Waals surface area contributed by atoms with Gasteiger partial charge in [-0.15, -0.1) is 0 Å². The van der Waals surface area contributed by atoms with E-state index in [1.165, 1.54) is 6.07 Å². The van der Waals surface area contributed by atoms with Crippen LogP contribution >= 0.6 is 0 Å². The molecule has 26 heavy (non-hydrogen) atoms. The van der Waals surface area contributed by atoms with Gasteiger partial charge in [0.25, 0.3) is 0 Å². The Bertz CT molecular complexity index is 602. The molecule has 0 radical (unpaired) electrons. The van der Waals surface area contributed by atoms with Crippen LogP contribution in [0.4, 0.5) is 4.39 Å². The first-order valence-corrected chi connectivity index (χ1v) is 9.63. The van der Waals surface area contributed by atoms with Crippen LogP contribution in [-0.2, 0) is 16.1 Å². The van der Waals surface area contributed by atoms with E-state index in [4.69, 9.17) is 4.74 Å². The summed E-state index contributed by atoms with van der Waals surface area (Å²) >= 11 is 0. The van der Waals surface area contributed by atoms with E-state index in [1.807, 2.05) is 0 Å². The molecule has 0 bridgehead atoms. The smallest absolute Gasteiger partial charge is 0.234 e. The van der Waals surface area contributed by atoms with E-state index in [0.717, 1.165) is 39.0 Å². The second-order valence-corrected chi connectivity index (χ2v) is 7.61.